The molecule has 0 saturated carbocycles. The predicted molar refractivity (Wildman–Crippen MR) is 101 cm³/mol. The number of nitrogens with zero attached hydrogens (tertiary/aromatic N) is 2. The molecule has 2 aromatic rings. The number of thiophene rings is 1. The van der Waals surface area contributed by atoms with E-state index in [1.807, 2.05) is 6.07 Å². The van der Waals surface area contributed by atoms with E-state index in [-0.39, 0.29) is 11.8 Å². The Balaban J connectivity index is 1.63. The number of carbonyl (C=O) groups excluding carboxylic acids is 2. The van der Waals surface area contributed by atoms with Crippen molar-refractivity contribution in [2.45, 2.75) is 18.9 Å². The maximum atomic E-state index is 12.5. The second-order valence-electron chi connectivity index (χ2n) is 6.51. The monoisotopic (exact) mass is 357 g/mol. The molecule has 0 radical (unpaired) electrons. The number of amides is 2. The Morgan fingerprint density at radius 2 is 2.16 bits per heavy atom. The van der Waals surface area contributed by atoms with Crippen molar-refractivity contribution in [2.75, 3.05) is 32.5 Å². The molecule has 0 unspecified atom stereocenters. The molecule has 6 heteroatoms. The van der Waals surface area contributed by atoms with Gasteiger partial charge in [-0.1, -0.05) is 6.07 Å². The van der Waals surface area contributed by atoms with Crippen molar-refractivity contribution in [1.82, 2.24) is 9.80 Å². The van der Waals surface area contributed by atoms with Gasteiger partial charge in [-0.05, 0) is 60.0 Å². The summed E-state index contributed by atoms with van der Waals surface area (Å²) in [6.07, 6.45) is 2.21. The molecule has 3 rings (SSSR count). The molecule has 5 nitrogen and oxygen atoms in total. The zero-order valence-electron chi connectivity index (χ0n) is 14.6. The van der Waals surface area contributed by atoms with Crippen LogP contribution in [0.3, 0.4) is 0 Å². The van der Waals surface area contributed by atoms with Crippen molar-refractivity contribution >= 4 is 28.8 Å². The smallest absolute Gasteiger partial charge is 0.253 e. The molecule has 2 heterocycles. The van der Waals surface area contributed by atoms with Gasteiger partial charge in [0.25, 0.3) is 5.91 Å². The van der Waals surface area contributed by atoms with Crippen LogP contribution in [0.25, 0.3) is 0 Å². The average Bonchev–Trinajstić information content (AvgIpc) is 3.25. The van der Waals surface area contributed by atoms with Crippen LogP contribution in [-0.4, -0.2) is 48.8 Å². The summed E-state index contributed by atoms with van der Waals surface area (Å²) in [5.74, 6) is -0.121. The van der Waals surface area contributed by atoms with Crippen molar-refractivity contribution in [3.05, 3.63) is 52.2 Å². The molecule has 2 amide bonds. The molecule has 0 spiro atoms. The molecule has 1 atom stereocenters. The van der Waals surface area contributed by atoms with Crippen LogP contribution in [0.1, 0.15) is 34.8 Å². The highest BCUT2D eigenvalue weighted by atomic mass is 32.1. The Bertz CT molecular complexity index is 743. The van der Waals surface area contributed by atoms with Gasteiger partial charge >= 0.3 is 0 Å². The number of nitrogens with one attached hydrogen (secondary N) is 1. The van der Waals surface area contributed by atoms with Gasteiger partial charge < -0.3 is 10.2 Å². The molecule has 1 aliphatic rings. The van der Waals surface area contributed by atoms with Crippen LogP contribution >= 0.6 is 11.3 Å². The van der Waals surface area contributed by atoms with E-state index in [0.29, 0.717) is 23.8 Å². The van der Waals surface area contributed by atoms with Gasteiger partial charge in [0.15, 0.2) is 0 Å². The van der Waals surface area contributed by atoms with E-state index in [9.17, 15) is 9.59 Å². The fourth-order valence-corrected chi connectivity index (χ4v) is 3.94. The number of carbonyl (C=O) groups is 2. The first-order chi connectivity index (χ1) is 12.0. The van der Waals surface area contributed by atoms with E-state index in [4.69, 9.17) is 0 Å². The Morgan fingerprint density at radius 1 is 1.32 bits per heavy atom. The van der Waals surface area contributed by atoms with Crippen LogP contribution in [0, 0.1) is 0 Å². The van der Waals surface area contributed by atoms with Crippen LogP contribution < -0.4 is 5.32 Å². The Kier molecular flexibility index (Phi) is 5.50. The molecular weight excluding hydrogens is 334 g/mol. The summed E-state index contributed by atoms with van der Waals surface area (Å²) in [5, 5.41) is 7.17. The number of benzene rings is 1. The van der Waals surface area contributed by atoms with E-state index in [2.05, 4.69) is 27.0 Å². The fourth-order valence-electron chi connectivity index (χ4n) is 3.23. The van der Waals surface area contributed by atoms with Gasteiger partial charge in [-0.2, -0.15) is 11.3 Å². The summed E-state index contributed by atoms with van der Waals surface area (Å²) < 4.78 is 0. The first kappa shape index (κ1) is 17.6. The minimum absolute atomic E-state index is 0.0448. The lowest BCUT2D eigenvalue weighted by Gasteiger charge is -2.23. The first-order valence-electron chi connectivity index (χ1n) is 8.42. The van der Waals surface area contributed by atoms with Gasteiger partial charge in [-0.3, -0.25) is 14.5 Å². The normalized spacial score (nSPS) is 17.4. The van der Waals surface area contributed by atoms with Gasteiger partial charge in [-0.25, -0.2) is 0 Å². The molecule has 0 bridgehead atoms. The molecule has 0 aliphatic carbocycles. The molecule has 1 aromatic carbocycles. The van der Waals surface area contributed by atoms with Crippen LogP contribution in [0.15, 0.2) is 41.1 Å². The molecule has 25 heavy (non-hydrogen) atoms. The van der Waals surface area contributed by atoms with E-state index in [0.717, 1.165) is 19.4 Å². The van der Waals surface area contributed by atoms with Gasteiger partial charge in [0.1, 0.15) is 0 Å². The Morgan fingerprint density at radius 3 is 2.88 bits per heavy atom. The zero-order valence-corrected chi connectivity index (χ0v) is 15.4. The highest BCUT2D eigenvalue weighted by Crippen LogP contribution is 2.32. The van der Waals surface area contributed by atoms with Gasteiger partial charge in [0.05, 0.1) is 6.54 Å². The maximum absolute atomic E-state index is 12.5. The summed E-state index contributed by atoms with van der Waals surface area (Å²) in [6.45, 7) is 1.31. The maximum Gasteiger partial charge on any atom is 0.253 e. The van der Waals surface area contributed by atoms with E-state index in [1.165, 1.54) is 10.5 Å². The first-order valence-corrected chi connectivity index (χ1v) is 9.36. The molecule has 1 aromatic heterocycles. The summed E-state index contributed by atoms with van der Waals surface area (Å²) in [7, 11) is 3.43. The van der Waals surface area contributed by atoms with Crippen LogP contribution in [0.2, 0.25) is 0 Å². The Labute approximate surface area is 152 Å². The quantitative estimate of drug-likeness (QED) is 0.894. The molecule has 1 saturated heterocycles. The fraction of sp³-hybridized carbons (Fsp3) is 0.368. The second-order valence-corrected chi connectivity index (χ2v) is 7.29. The van der Waals surface area contributed by atoms with Crippen molar-refractivity contribution in [2.24, 2.45) is 0 Å². The summed E-state index contributed by atoms with van der Waals surface area (Å²) in [6, 6.07) is 9.55. The SMILES string of the molecule is CN(C)C(=O)c1cccc(NC(=O)CN2CCC[C@@H]2c2ccsc2)c1. The van der Waals surface area contributed by atoms with E-state index >= 15 is 0 Å². The lowest BCUT2D eigenvalue weighted by molar-refractivity contribution is -0.117. The minimum Gasteiger partial charge on any atom is -0.345 e. The van der Waals surface area contributed by atoms with Crippen LogP contribution in [-0.2, 0) is 4.79 Å². The molecule has 1 fully saturated rings. The number of likely N-dealkylation sites (tertiary alicyclic amines) is 1. The molecule has 1 aliphatic heterocycles. The number of hydrogen-bond acceptors (Lipinski definition) is 4. The molecule has 1 N–H and O–H groups in total. The largest absolute Gasteiger partial charge is 0.345 e. The standard InChI is InChI=1S/C19H23N3O2S/c1-21(2)19(24)14-5-3-6-16(11-14)20-18(23)12-22-9-4-7-17(22)15-8-10-25-13-15/h3,5-6,8,10-11,13,17H,4,7,9,12H2,1-2H3,(H,20,23)/t17-/m1/s1. The van der Waals surface area contributed by atoms with Crippen LogP contribution in [0.5, 0.6) is 0 Å². The summed E-state index contributed by atoms with van der Waals surface area (Å²) in [4.78, 5) is 28.2. The van der Waals surface area contributed by atoms with E-state index < -0.39 is 0 Å². The average molecular weight is 357 g/mol. The number of rotatable bonds is 5. The topological polar surface area (TPSA) is 52.7 Å². The third kappa shape index (κ3) is 4.27. The lowest BCUT2D eigenvalue weighted by atomic mass is 10.1. The summed E-state index contributed by atoms with van der Waals surface area (Å²) in [5.41, 5.74) is 2.53. The highest BCUT2D eigenvalue weighted by Gasteiger charge is 2.27. The van der Waals surface area contributed by atoms with Crippen molar-refractivity contribution < 1.29 is 9.59 Å². The zero-order chi connectivity index (χ0) is 17.8. The van der Waals surface area contributed by atoms with E-state index in [1.54, 1.807) is 43.6 Å². The minimum atomic E-state index is -0.0758. The highest BCUT2D eigenvalue weighted by molar-refractivity contribution is 7.07. The van der Waals surface area contributed by atoms with Crippen LogP contribution in [0.4, 0.5) is 5.69 Å². The van der Waals surface area contributed by atoms with Gasteiger partial charge in [0.2, 0.25) is 5.91 Å². The summed E-state index contributed by atoms with van der Waals surface area (Å²) >= 11 is 1.69. The van der Waals surface area contributed by atoms with Gasteiger partial charge in [0, 0.05) is 31.4 Å². The number of hydrogen-bond donors (Lipinski definition) is 1. The van der Waals surface area contributed by atoms with Gasteiger partial charge in [-0.15, -0.1) is 0 Å². The Hall–Kier alpha value is -2.18. The third-order valence-electron chi connectivity index (χ3n) is 4.44. The number of anilines is 1. The predicted octanol–water partition coefficient (Wildman–Crippen LogP) is 3.23. The molecule has 132 valence electrons. The van der Waals surface area contributed by atoms with Crippen molar-refractivity contribution in [3.63, 3.8) is 0 Å². The van der Waals surface area contributed by atoms with Crippen molar-refractivity contribution in [3.8, 4) is 0 Å². The molecular formula is C19H23N3O2S. The second kappa shape index (κ2) is 7.80. The lowest BCUT2D eigenvalue weighted by Crippen LogP contribution is -2.32. The third-order valence-corrected chi connectivity index (χ3v) is 5.14. The van der Waals surface area contributed by atoms with Crippen molar-refractivity contribution in [1.29, 1.82) is 0 Å².